The van der Waals surface area contributed by atoms with Gasteiger partial charge < -0.3 is 19.3 Å². The van der Waals surface area contributed by atoms with Crippen molar-refractivity contribution in [3.8, 4) is 17.4 Å². The quantitative estimate of drug-likeness (QED) is 0.529. The molecule has 0 atom stereocenters. The zero-order valence-electron chi connectivity index (χ0n) is 17.1. The fraction of sp³-hybridized carbons (Fsp3) is 0.174. The summed E-state index contributed by atoms with van der Waals surface area (Å²) in [5.74, 6) is 0.481. The van der Waals surface area contributed by atoms with Crippen molar-refractivity contribution in [3.63, 3.8) is 0 Å². The van der Waals surface area contributed by atoms with Gasteiger partial charge in [0.25, 0.3) is 5.56 Å². The standard InChI is InChI=1S/C23H22N2O6/c1-29-19-8-3-16(4-9-19)14-25-23(28)18(7-12-22(26)27)13-21(24-25)31-15-17-5-10-20(30-2)11-6-17/h3-13H,14-15H2,1-2H3,(H,26,27). The molecular weight excluding hydrogens is 400 g/mol. The van der Waals surface area contributed by atoms with Crippen LogP contribution in [0.2, 0.25) is 0 Å². The van der Waals surface area contributed by atoms with Gasteiger partial charge >= 0.3 is 5.97 Å². The average molecular weight is 422 g/mol. The minimum atomic E-state index is -1.15. The van der Waals surface area contributed by atoms with Crippen LogP contribution in [0.3, 0.4) is 0 Å². The molecule has 8 nitrogen and oxygen atoms in total. The summed E-state index contributed by atoms with van der Waals surface area (Å²) in [6.07, 6.45) is 2.14. The van der Waals surface area contributed by atoms with Crippen LogP contribution in [0.15, 0.2) is 65.5 Å². The molecule has 31 heavy (non-hydrogen) atoms. The van der Waals surface area contributed by atoms with E-state index in [1.165, 1.54) is 16.8 Å². The van der Waals surface area contributed by atoms with Gasteiger partial charge in [0.15, 0.2) is 0 Å². The lowest BCUT2D eigenvalue weighted by Crippen LogP contribution is -2.26. The zero-order valence-corrected chi connectivity index (χ0v) is 17.1. The second kappa shape index (κ2) is 10.1. The first-order valence-corrected chi connectivity index (χ1v) is 9.40. The summed E-state index contributed by atoms with van der Waals surface area (Å²) in [5.41, 5.74) is 1.45. The van der Waals surface area contributed by atoms with Gasteiger partial charge in [-0.25, -0.2) is 9.48 Å². The molecule has 0 spiro atoms. The summed E-state index contributed by atoms with van der Waals surface area (Å²) in [6, 6.07) is 16.0. The number of rotatable bonds is 9. The lowest BCUT2D eigenvalue weighted by atomic mass is 10.2. The van der Waals surface area contributed by atoms with E-state index in [0.717, 1.165) is 23.0 Å². The number of aromatic nitrogens is 2. The minimum absolute atomic E-state index is 0.163. The first-order chi connectivity index (χ1) is 15.0. The lowest BCUT2D eigenvalue weighted by molar-refractivity contribution is -0.131. The summed E-state index contributed by atoms with van der Waals surface area (Å²) in [7, 11) is 3.17. The number of hydrogen-bond donors (Lipinski definition) is 1. The SMILES string of the molecule is COc1ccc(COc2cc(C=CC(=O)O)c(=O)n(Cc3ccc(OC)cc3)n2)cc1. The van der Waals surface area contributed by atoms with Gasteiger partial charge in [0.05, 0.1) is 20.8 Å². The Labute approximate surface area is 178 Å². The van der Waals surface area contributed by atoms with Crippen LogP contribution in [0.5, 0.6) is 17.4 Å². The van der Waals surface area contributed by atoms with E-state index in [1.54, 1.807) is 26.4 Å². The van der Waals surface area contributed by atoms with Gasteiger partial charge in [0.2, 0.25) is 5.88 Å². The Kier molecular flexibility index (Phi) is 7.05. The smallest absolute Gasteiger partial charge is 0.328 e. The van der Waals surface area contributed by atoms with E-state index in [4.69, 9.17) is 19.3 Å². The van der Waals surface area contributed by atoms with Gasteiger partial charge in [-0.2, -0.15) is 0 Å². The van der Waals surface area contributed by atoms with E-state index in [9.17, 15) is 9.59 Å². The molecule has 0 fully saturated rings. The van der Waals surface area contributed by atoms with Crippen LogP contribution in [-0.2, 0) is 17.9 Å². The molecule has 1 aromatic heterocycles. The number of ether oxygens (including phenoxy) is 3. The van der Waals surface area contributed by atoms with E-state index in [0.29, 0.717) is 5.75 Å². The van der Waals surface area contributed by atoms with Gasteiger partial charge in [-0.05, 0) is 41.5 Å². The molecule has 1 heterocycles. The normalized spacial score (nSPS) is 10.8. The van der Waals surface area contributed by atoms with Gasteiger partial charge in [0, 0.05) is 17.7 Å². The molecule has 8 heteroatoms. The molecule has 3 rings (SSSR count). The molecule has 160 valence electrons. The Balaban J connectivity index is 1.87. The van der Waals surface area contributed by atoms with Crippen LogP contribution in [0, 0.1) is 0 Å². The number of nitrogens with zero attached hydrogens (tertiary/aromatic N) is 2. The fourth-order valence-corrected chi connectivity index (χ4v) is 2.78. The summed E-state index contributed by atoms with van der Waals surface area (Å²) in [5, 5.41) is 13.2. The van der Waals surface area contributed by atoms with Gasteiger partial charge in [-0.1, -0.05) is 24.3 Å². The maximum absolute atomic E-state index is 12.8. The highest BCUT2D eigenvalue weighted by molar-refractivity contribution is 5.85. The Bertz CT molecular complexity index is 1120. The monoisotopic (exact) mass is 422 g/mol. The van der Waals surface area contributed by atoms with Crippen molar-refractivity contribution in [1.82, 2.24) is 9.78 Å². The molecule has 3 aromatic rings. The molecule has 0 saturated heterocycles. The van der Waals surface area contributed by atoms with Crippen LogP contribution < -0.4 is 19.8 Å². The van der Waals surface area contributed by atoms with Crippen LogP contribution in [-0.4, -0.2) is 35.1 Å². The van der Waals surface area contributed by atoms with E-state index < -0.39 is 11.5 Å². The second-order valence-corrected chi connectivity index (χ2v) is 6.56. The summed E-state index contributed by atoms with van der Waals surface area (Å²) in [6.45, 7) is 0.413. The number of hydrogen-bond acceptors (Lipinski definition) is 6. The van der Waals surface area contributed by atoms with Crippen molar-refractivity contribution in [2.45, 2.75) is 13.2 Å². The number of carboxylic acid groups (broad SMARTS) is 1. The van der Waals surface area contributed by atoms with E-state index >= 15 is 0 Å². The van der Waals surface area contributed by atoms with Gasteiger partial charge in [-0.3, -0.25) is 4.79 Å². The molecule has 1 N–H and O–H groups in total. The number of carbonyl (C=O) groups is 1. The van der Waals surface area contributed by atoms with Crippen LogP contribution in [0.4, 0.5) is 0 Å². The molecule has 0 radical (unpaired) electrons. The highest BCUT2D eigenvalue weighted by Gasteiger charge is 2.10. The second-order valence-electron chi connectivity index (χ2n) is 6.56. The number of methoxy groups -OCH3 is 2. The Morgan fingerprint density at radius 2 is 1.58 bits per heavy atom. The molecule has 0 amide bonds. The Morgan fingerprint density at radius 3 is 2.13 bits per heavy atom. The van der Waals surface area contributed by atoms with E-state index in [-0.39, 0.29) is 24.6 Å². The molecule has 2 aromatic carbocycles. The van der Waals surface area contributed by atoms with Gasteiger partial charge in [-0.15, -0.1) is 5.10 Å². The highest BCUT2D eigenvalue weighted by atomic mass is 16.5. The van der Waals surface area contributed by atoms with Crippen molar-refractivity contribution >= 4 is 12.0 Å². The van der Waals surface area contributed by atoms with Crippen molar-refractivity contribution in [2.24, 2.45) is 0 Å². The fourth-order valence-electron chi connectivity index (χ4n) is 2.78. The average Bonchev–Trinajstić information content (AvgIpc) is 2.79. The maximum atomic E-state index is 12.8. The molecule has 0 saturated carbocycles. The van der Waals surface area contributed by atoms with Crippen LogP contribution >= 0.6 is 0 Å². The Morgan fingerprint density at radius 1 is 1.00 bits per heavy atom. The van der Waals surface area contributed by atoms with Gasteiger partial charge in [0.1, 0.15) is 18.1 Å². The third-order valence-corrected chi connectivity index (χ3v) is 4.42. The third kappa shape index (κ3) is 5.96. The van der Waals surface area contributed by atoms with E-state index in [1.807, 2.05) is 36.4 Å². The number of benzene rings is 2. The number of carboxylic acids is 1. The first-order valence-electron chi connectivity index (χ1n) is 9.40. The molecule has 0 aliphatic heterocycles. The predicted molar refractivity (Wildman–Crippen MR) is 115 cm³/mol. The molecule has 0 aliphatic carbocycles. The Hall–Kier alpha value is -4.07. The minimum Gasteiger partial charge on any atom is -0.497 e. The summed E-state index contributed by atoms with van der Waals surface area (Å²) < 4.78 is 17.3. The molecule has 0 bridgehead atoms. The summed E-state index contributed by atoms with van der Waals surface area (Å²) in [4.78, 5) is 23.7. The van der Waals surface area contributed by atoms with Crippen LogP contribution in [0.1, 0.15) is 16.7 Å². The first kappa shape index (κ1) is 21.6. The van der Waals surface area contributed by atoms with Crippen molar-refractivity contribution in [3.05, 3.63) is 87.7 Å². The zero-order chi connectivity index (χ0) is 22.2. The maximum Gasteiger partial charge on any atom is 0.328 e. The van der Waals surface area contributed by atoms with E-state index in [2.05, 4.69) is 5.10 Å². The van der Waals surface area contributed by atoms with Crippen molar-refractivity contribution in [2.75, 3.05) is 14.2 Å². The lowest BCUT2D eigenvalue weighted by Gasteiger charge is -2.11. The molecule has 0 aliphatic rings. The van der Waals surface area contributed by atoms with Crippen LogP contribution in [0.25, 0.3) is 6.08 Å². The number of aliphatic carboxylic acids is 1. The predicted octanol–water partition coefficient (Wildman–Crippen LogP) is 2.99. The molecular formula is C23H22N2O6. The largest absolute Gasteiger partial charge is 0.497 e. The van der Waals surface area contributed by atoms with Crippen molar-refractivity contribution < 1.29 is 24.1 Å². The molecule has 0 unspecified atom stereocenters. The highest BCUT2D eigenvalue weighted by Crippen LogP contribution is 2.16. The van der Waals surface area contributed by atoms with Crippen molar-refractivity contribution in [1.29, 1.82) is 0 Å². The summed E-state index contributed by atoms with van der Waals surface area (Å²) >= 11 is 0. The topological polar surface area (TPSA) is 99.9 Å². The third-order valence-electron chi connectivity index (χ3n) is 4.42.